The van der Waals surface area contributed by atoms with Crippen molar-refractivity contribution in [2.75, 3.05) is 6.54 Å². The van der Waals surface area contributed by atoms with Crippen LogP contribution in [0, 0.1) is 0 Å². The van der Waals surface area contributed by atoms with Gasteiger partial charge in [0, 0.05) is 6.54 Å². The molecule has 1 aliphatic heterocycles. The smallest absolute Gasteiger partial charge is 0.444 e. The molecule has 0 aliphatic carbocycles. The van der Waals surface area contributed by atoms with E-state index in [1.54, 1.807) is 23.1 Å². The van der Waals surface area contributed by atoms with Gasteiger partial charge in [0.15, 0.2) is 0 Å². The molecule has 8 heteroatoms. The third-order valence-electron chi connectivity index (χ3n) is 4.02. The second kappa shape index (κ2) is 6.10. The van der Waals surface area contributed by atoms with Gasteiger partial charge in [0.05, 0.1) is 17.1 Å². The highest BCUT2D eigenvalue weighted by atomic mass is 16.6. The predicted molar refractivity (Wildman–Crippen MR) is 90.8 cm³/mol. The van der Waals surface area contributed by atoms with Crippen LogP contribution in [-0.4, -0.2) is 50.3 Å². The number of H-pyrrole nitrogens is 1. The van der Waals surface area contributed by atoms with Gasteiger partial charge in [-0.25, -0.2) is 9.78 Å². The quantitative estimate of drug-likeness (QED) is 0.721. The number of hydrogen-bond donors (Lipinski definition) is 3. The first kappa shape index (κ1) is 16.8. The molecule has 1 aromatic heterocycles. The van der Waals surface area contributed by atoms with Crippen LogP contribution in [0.15, 0.2) is 18.2 Å². The fraction of sp³-hybridized carbons (Fsp3) is 0.500. The van der Waals surface area contributed by atoms with E-state index in [9.17, 15) is 14.8 Å². The highest BCUT2D eigenvalue weighted by molar-refractivity contribution is 6.58. The van der Waals surface area contributed by atoms with E-state index < -0.39 is 12.7 Å². The first-order chi connectivity index (χ1) is 11.2. The average molecular weight is 331 g/mol. The Morgan fingerprint density at radius 2 is 2.17 bits per heavy atom. The van der Waals surface area contributed by atoms with Crippen molar-refractivity contribution >= 4 is 29.7 Å². The van der Waals surface area contributed by atoms with E-state index in [1.165, 1.54) is 0 Å². The minimum absolute atomic E-state index is 0.158. The molecule has 0 saturated carbocycles. The highest BCUT2D eigenvalue weighted by Crippen LogP contribution is 2.32. The van der Waals surface area contributed by atoms with Gasteiger partial charge in [-0.2, -0.15) is 0 Å². The third kappa shape index (κ3) is 3.39. The number of carbonyl (C=O) groups is 1. The second-order valence-electron chi connectivity index (χ2n) is 7.10. The van der Waals surface area contributed by atoms with Gasteiger partial charge in [-0.3, -0.25) is 4.90 Å². The lowest BCUT2D eigenvalue weighted by Gasteiger charge is -2.27. The van der Waals surface area contributed by atoms with Crippen molar-refractivity contribution in [2.24, 2.45) is 0 Å². The van der Waals surface area contributed by atoms with Crippen molar-refractivity contribution in [3.63, 3.8) is 0 Å². The molecular weight excluding hydrogens is 309 g/mol. The van der Waals surface area contributed by atoms with Gasteiger partial charge in [0.1, 0.15) is 11.4 Å². The topological polar surface area (TPSA) is 98.7 Å². The average Bonchev–Trinajstić information content (AvgIpc) is 3.10. The molecule has 1 aromatic carbocycles. The monoisotopic (exact) mass is 331 g/mol. The Morgan fingerprint density at radius 3 is 2.83 bits per heavy atom. The van der Waals surface area contributed by atoms with E-state index in [4.69, 9.17) is 4.74 Å². The molecule has 0 spiro atoms. The van der Waals surface area contributed by atoms with Crippen LogP contribution in [0.25, 0.3) is 11.0 Å². The molecule has 128 valence electrons. The van der Waals surface area contributed by atoms with Gasteiger partial charge in [0.2, 0.25) is 0 Å². The van der Waals surface area contributed by atoms with Crippen molar-refractivity contribution in [1.29, 1.82) is 0 Å². The summed E-state index contributed by atoms with van der Waals surface area (Å²) in [4.78, 5) is 21.9. The maximum absolute atomic E-state index is 12.4. The molecule has 0 unspecified atom stereocenters. The summed E-state index contributed by atoms with van der Waals surface area (Å²) >= 11 is 0. The number of aromatic nitrogens is 2. The summed E-state index contributed by atoms with van der Waals surface area (Å²) in [6.07, 6.45) is 1.37. The summed E-state index contributed by atoms with van der Waals surface area (Å²) < 4.78 is 5.48. The van der Waals surface area contributed by atoms with Crippen LogP contribution in [0.1, 0.15) is 45.5 Å². The van der Waals surface area contributed by atoms with Crippen molar-refractivity contribution in [2.45, 2.75) is 45.3 Å². The number of imidazole rings is 1. The maximum atomic E-state index is 12.4. The predicted octanol–water partition coefficient (Wildman–Crippen LogP) is 1.31. The molecule has 3 rings (SSSR count). The van der Waals surface area contributed by atoms with Gasteiger partial charge < -0.3 is 19.8 Å². The van der Waals surface area contributed by atoms with E-state index in [2.05, 4.69) is 9.97 Å². The maximum Gasteiger partial charge on any atom is 0.488 e. The summed E-state index contributed by atoms with van der Waals surface area (Å²) in [7, 11) is -1.52. The van der Waals surface area contributed by atoms with E-state index in [0.717, 1.165) is 18.4 Å². The van der Waals surface area contributed by atoms with Crippen LogP contribution in [0.4, 0.5) is 4.79 Å². The number of fused-ring (bicyclic) bond motifs is 1. The normalized spacial score (nSPS) is 18.2. The number of rotatable bonds is 2. The standard InChI is InChI=1S/C16H22BN3O4/c1-16(2,3)24-15(21)20-8-4-5-13(20)14-18-11-7-6-10(17(22)23)9-12(11)19-14/h6-7,9,13,22-23H,4-5,8H2,1-3H3,(H,18,19)/t13-/m0/s1. The van der Waals surface area contributed by atoms with E-state index in [-0.39, 0.29) is 12.1 Å². The zero-order valence-electron chi connectivity index (χ0n) is 14.1. The lowest BCUT2D eigenvalue weighted by atomic mass is 9.80. The van der Waals surface area contributed by atoms with E-state index in [1.807, 2.05) is 20.8 Å². The zero-order valence-corrected chi connectivity index (χ0v) is 14.1. The second-order valence-corrected chi connectivity index (χ2v) is 7.10. The molecule has 0 radical (unpaired) electrons. The minimum Gasteiger partial charge on any atom is -0.444 e. The Hall–Kier alpha value is -2.06. The fourth-order valence-corrected chi connectivity index (χ4v) is 2.96. The Labute approximate surface area is 140 Å². The lowest BCUT2D eigenvalue weighted by molar-refractivity contribution is 0.0219. The zero-order chi connectivity index (χ0) is 17.5. The molecule has 24 heavy (non-hydrogen) atoms. The Balaban J connectivity index is 1.87. The number of likely N-dealkylation sites (tertiary alicyclic amines) is 1. The van der Waals surface area contributed by atoms with Crippen LogP contribution in [-0.2, 0) is 4.74 Å². The minimum atomic E-state index is -1.52. The molecule has 2 aromatic rings. The lowest BCUT2D eigenvalue weighted by Crippen LogP contribution is -2.36. The summed E-state index contributed by atoms with van der Waals surface area (Å²) in [6.45, 7) is 6.17. The first-order valence-electron chi connectivity index (χ1n) is 8.10. The number of hydrogen-bond acceptors (Lipinski definition) is 5. The summed E-state index contributed by atoms with van der Waals surface area (Å²) in [6, 6.07) is 4.85. The number of nitrogens with one attached hydrogen (secondary N) is 1. The molecule has 7 nitrogen and oxygen atoms in total. The van der Waals surface area contributed by atoms with Crippen molar-refractivity contribution in [3.05, 3.63) is 24.0 Å². The number of amides is 1. The number of benzene rings is 1. The van der Waals surface area contributed by atoms with Crippen LogP contribution < -0.4 is 5.46 Å². The van der Waals surface area contributed by atoms with Crippen LogP contribution in [0.5, 0.6) is 0 Å². The molecule has 0 bridgehead atoms. The number of ether oxygens (including phenoxy) is 1. The van der Waals surface area contributed by atoms with Gasteiger partial charge in [-0.1, -0.05) is 6.07 Å². The Kier molecular flexibility index (Phi) is 4.27. The molecular formula is C16H22BN3O4. The van der Waals surface area contributed by atoms with E-state index >= 15 is 0 Å². The Bertz CT molecular complexity index is 753. The number of nitrogens with zero attached hydrogens (tertiary/aromatic N) is 2. The first-order valence-corrected chi connectivity index (χ1v) is 8.10. The van der Waals surface area contributed by atoms with Gasteiger partial charge >= 0.3 is 13.2 Å². The number of carbonyl (C=O) groups excluding carboxylic acids is 1. The van der Waals surface area contributed by atoms with Crippen LogP contribution >= 0.6 is 0 Å². The van der Waals surface area contributed by atoms with Crippen molar-refractivity contribution in [1.82, 2.24) is 14.9 Å². The van der Waals surface area contributed by atoms with Gasteiger partial charge in [0.25, 0.3) is 0 Å². The largest absolute Gasteiger partial charge is 0.488 e. The van der Waals surface area contributed by atoms with Gasteiger partial charge in [-0.15, -0.1) is 0 Å². The highest BCUT2D eigenvalue weighted by Gasteiger charge is 2.35. The molecule has 1 amide bonds. The SMILES string of the molecule is CC(C)(C)OC(=O)N1CCC[C@H]1c1nc2ccc(B(O)O)cc2[nH]1. The van der Waals surface area contributed by atoms with Crippen LogP contribution in [0.3, 0.4) is 0 Å². The van der Waals surface area contributed by atoms with Gasteiger partial charge in [-0.05, 0) is 51.2 Å². The van der Waals surface area contributed by atoms with Crippen molar-refractivity contribution in [3.8, 4) is 0 Å². The Morgan fingerprint density at radius 1 is 1.42 bits per heavy atom. The molecule has 1 aliphatic rings. The fourth-order valence-electron chi connectivity index (χ4n) is 2.96. The molecule has 1 fully saturated rings. The number of aromatic amines is 1. The summed E-state index contributed by atoms with van der Waals surface area (Å²) in [5.74, 6) is 0.693. The third-order valence-corrected chi connectivity index (χ3v) is 4.02. The van der Waals surface area contributed by atoms with Crippen molar-refractivity contribution < 1.29 is 19.6 Å². The van der Waals surface area contributed by atoms with Crippen LogP contribution in [0.2, 0.25) is 0 Å². The summed E-state index contributed by atoms with van der Waals surface area (Å²) in [5, 5.41) is 18.6. The molecule has 2 heterocycles. The molecule has 1 saturated heterocycles. The van der Waals surface area contributed by atoms with E-state index in [0.29, 0.717) is 23.3 Å². The summed E-state index contributed by atoms with van der Waals surface area (Å²) in [5.41, 5.74) is 1.30. The molecule has 3 N–H and O–H groups in total. The molecule has 1 atom stereocenters.